The summed E-state index contributed by atoms with van der Waals surface area (Å²) in [6.45, 7) is 1.51. The average molecular weight is 211 g/mol. The highest BCUT2D eigenvalue weighted by atomic mass is 16.4. The van der Waals surface area contributed by atoms with Crippen molar-refractivity contribution in [2.24, 2.45) is 7.05 Å². The van der Waals surface area contributed by atoms with Crippen LogP contribution in [0.25, 0.3) is 0 Å². The van der Waals surface area contributed by atoms with Gasteiger partial charge in [-0.3, -0.25) is 14.3 Å². The van der Waals surface area contributed by atoms with Crippen LogP contribution in [0.15, 0.2) is 6.20 Å². The quantitative estimate of drug-likeness (QED) is 0.722. The summed E-state index contributed by atoms with van der Waals surface area (Å²) in [7, 11) is 1.72. The molecule has 0 aliphatic rings. The molecule has 0 bridgehead atoms. The number of carbonyl (C=O) groups is 2. The number of hydrogen-bond acceptors (Lipinski definition) is 3. The fraction of sp³-hybridized carbons (Fsp3) is 0.444. The average Bonchev–Trinajstić information content (AvgIpc) is 2.56. The van der Waals surface area contributed by atoms with Gasteiger partial charge in [0, 0.05) is 13.2 Å². The molecule has 1 aromatic heterocycles. The Kier molecular flexibility index (Phi) is 3.43. The summed E-state index contributed by atoms with van der Waals surface area (Å²) in [5.74, 6) is -1.47. The highest BCUT2D eigenvalue weighted by Gasteiger charge is 2.14. The van der Waals surface area contributed by atoms with Crippen molar-refractivity contribution in [2.75, 3.05) is 6.54 Å². The van der Waals surface area contributed by atoms with E-state index in [1.165, 1.54) is 4.68 Å². The second kappa shape index (κ2) is 4.59. The van der Waals surface area contributed by atoms with E-state index in [1.54, 1.807) is 13.2 Å². The molecule has 0 aliphatic carbocycles. The number of nitrogens with zero attached hydrogens (tertiary/aromatic N) is 2. The highest BCUT2D eigenvalue weighted by Crippen LogP contribution is 2.06. The standard InChI is InChI=1S/C9H13N3O3/c1-3-7-6(5-12(2)11-7)9(15)10-4-8(13)14/h5H,3-4H2,1-2H3,(H,10,15)(H,13,14). The lowest BCUT2D eigenvalue weighted by molar-refractivity contribution is -0.135. The largest absolute Gasteiger partial charge is 0.480 e. The Hall–Kier alpha value is -1.85. The zero-order valence-electron chi connectivity index (χ0n) is 8.65. The van der Waals surface area contributed by atoms with Crippen molar-refractivity contribution in [2.45, 2.75) is 13.3 Å². The van der Waals surface area contributed by atoms with Gasteiger partial charge in [0.25, 0.3) is 5.91 Å². The minimum Gasteiger partial charge on any atom is -0.480 e. The van der Waals surface area contributed by atoms with Gasteiger partial charge in [0.1, 0.15) is 6.54 Å². The van der Waals surface area contributed by atoms with Crippen LogP contribution in [0.3, 0.4) is 0 Å². The van der Waals surface area contributed by atoms with E-state index in [9.17, 15) is 9.59 Å². The Morgan fingerprint density at radius 2 is 2.27 bits per heavy atom. The maximum atomic E-state index is 11.5. The maximum Gasteiger partial charge on any atom is 0.322 e. The van der Waals surface area contributed by atoms with Gasteiger partial charge in [-0.2, -0.15) is 5.10 Å². The number of hydrogen-bond donors (Lipinski definition) is 2. The second-order valence-electron chi connectivity index (χ2n) is 3.09. The van der Waals surface area contributed by atoms with Crippen LogP contribution in [0.4, 0.5) is 0 Å². The molecule has 1 aromatic rings. The highest BCUT2D eigenvalue weighted by molar-refractivity contribution is 5.96. The first-order valence-electron chi connectivity index (χ1n) is 4.57. The summed E-state index contributed by atoms with van der Waals surface area (Å²) >= 11 is 0. The van der Waals surface area contributed by atoms with Crippen molar-refractivity contribution in [1.82, 2.24) is 15.1 Å². The fourth-order valence-electron chi connectivity index (χ4n) is 1.24. The molecule has 0 saturated carbocycles. The molecule has 0 saturated heterocycles. The molecule has 0 aliphatic heterocycles. The van der Waals surface area contributed by atoms with Gasteiger partial charge in [0.2, 0.25) is 0 Å². The molecule has 6 nitrogen and oxygen atoms in total. The molecular formula is C9H13N3O3. The van der Waals surface area contributed by atoms with Gasteiger partial charge in [0.05, 0.1) is 11.3 Å². The SMILES string of the molecule is CCc1nn(C)cc1C(=O)NCC(=O)O. The Morgan fingerprint density at radius 3 is 2.80 bits per heavy atom. The van der Waals surface area contributed by atoms with Gasteiger partial charge in [0.15, 0.2) is 0 Å². The third kappa shape index (κ3) is 2.80. The van der Waals surface area contributed by atoms with Crippen LogP contribution < -0.4 is 5.32 Å². The Morgan fingerprint density at radius 1 is 1.60 bits per heavy atom. The van der Waals surface area contributed by atoms with Crippen LogP contribution in [-0.2, 0) is 18.3 Å². The molecule has 1 heterocycles. The zero-order valence-corrected chi connectivity index (χ0v) is 8.65. The molecule has 0 aromatic carbocycles. The Labute approximate surface area is 86.9 Å². The van der Waals surface area contributed by atoms with Crippen LogP contribution >= 0.6 is 0 Å². The lowest BCUT2D eigenvalue weighted by atomic mass is 10.2. The molecule has 0 atom stereocenters. The molecule has 2 N–H and O–H groups in total. The number of nitrogens with one attached hydrogen (secondary N) is 1. The van der Waals surface area contributed by atoms with Crippen molar-refractivity contribution in [3.8, 4) is 0 Å². The predicted molar refractivity (Wildman–Crippen MR) is 52.6 cm³/mol. The number of amides is 1. The number of carboxylic acids is 1. The van der Waals surface area contributed by atoms with Crippen molar-refractivity contribution < 1.29 is 14.7 Å². The van der Waals surface area contributed by atoms with E-state index in [-0.39, 0.29) is 6.54 Å². The first-order chi connectivity index (χ1) is 7.04. The van der Waals surface area contributed by atoms with Crippen LogP contribution in [0.5, 0.6) is 0 Å². The summed E-state index contributed by atoms with van der Waals surface area (Å²) in [5.41, 5.74) is 1.10. The summed E-state index contributed by atoms with van der Waals surface area (Å²) in [5, 5.41) is 14.8. The normalized spacial score (nSPS) is 10.0. The van der Waals surface area contributed by atoms with Crippen LogP contribution in [0, 0.1) is 0 Å². The van der Waals surface area contributed by atoms with Crippen molar-refractivity contribution >= 4 is 11.9 Å². The number of rotatable bonds is 4. The summed E-state index contributed by atoms with van der Waals surface area (Å²) in [6, 6.07) is 0. The molecule has 0 unspecified atom stereocenters. The molecule has 15 heavy (non-hydrogen) atoms. The summed E-state index contributed by atoms with van der Waals surface area (Å²) < 4.78 is 1.54. The van der Waals surface area contributed by atoms with E-state index in [0.29, 0.717) is 17.7 Å². The molecule has 0 fully saturated rings. The van der Waals surface area contributed by atoms with Crippen LogP contribution in [0.2, 0.25) is 0 Å². The van der Waals surface area contributed by atoms with Gasteiger partial charge in [-0.25, -0.2) is 0 Å². The van der Waals surface area contributed by atoms with Crippen molar-refractivity contribution in [3.63, 3.8) is 0 Å². The number of carbonyl (C=O) groups excluding carboxylic acids is 1. The number of aryl methyl sites for hydroxylation is 2. The van der Waals surface area contributed by atoms with E-state index in [0.717, 1.165) is 0 Å². The molecular weight excluding hydrogens is 198 g/mol. The predicted octanol–water partition coefficient (Wildman–Crippen LogP) is -0.203. The minimum atomic E-state index is -1.06. The van der Waals surface area contributed by atoms with Gasteiger partial charge in [-0.15, -0.1) is 0 Å². The van der Waals surface area contributed by atoms with Gasteiger partial charge in [-0.1, -0.05) is 6.92 Å². The van der Waals surface area contributed by atoms with Gasteiger partial charge in [-0.05, 0) is 6.42 Å². The number of carboxylic acid groups (broad SMARTS) is 1. The van der Waals surface area contributed by atoms with Gasteiger partial charge >= 0.3 is 5.97 Å². The smallest absolute Gasteiger partial charge is 0.322 e. The number of aromatic nitrogens is 2. The van der Waals surface area contributed by atoms with E-state index in [2.05, 4.69) is 10.4 Å². The first kappa shape index (κ1) is 11.2. The van der Waals surface area contributed by atoms with E-state index in [1.807, 2.05) is 6.92 Å². The maximum absolute atomic E-state index is 11.5. The van der Waals surface area contributed by atoms with E-state index >= 15 is 0 Å². The minimum absolute atomic E-state index is 0.378. The van der Waals surface area contributed by atoms with Gasteiger partial charge < -0.3 is 10.4 Å². The van der Waals surface area contributed by atoms with E-state index < -0.39 is 11.9 Å². The van der Waals surface area contributed by atoms with Crippen LogP contribution in [-0.4, -0.2) is 33.3 Å². The topological polar surface area (TPSA) is 84.2 Å². The summed E-state index contributed by atoms with van der Waals surface area (Å²) in [6.07, 6.45) is 2.21. The zero-order chi connectivity index (χ0) is 11.4. The molecule has 1 rings (SSSR count). The molecule has 82 valence electrons. The summed E-state index contributed by atoms with van der Waals surface area (Å²) in [4.78, 5) is 21.8. The van der Waals surface area contributed by atoms with Crippen LogP contribution in [0.1, 0.15) is 23.0 Å². The molecule has 1 amide bonds. The lowest BCUT2D eigenvalue weighted by Gasteiger charge is -2.00. The third-order valence-electron chi connectivity index (χ3n) is 1.88. The second-order valence-corrected chi connectivity index (χ2v) is 3.09. The van der Waals surface area contributed by atoms with Crippen molar-refractivity contribution in [1.29, 1.82) is 0 Å². The number of aliphatic carboxylic acids is 1. The fourth-order valence-corrected chi connectivity index (χ4v) is 1.24. The van der Waals surface area contributed by atoms with E-state index in [4.69, 9.17) is 5.11 Å². The lowest BCUT2D eigenvalue weighted by Crippen LogP contribution is -2.29. The molecule has 6 heteroatoms. The van der Waals surface area contributed by atoms with Crippen molar-refractivity contribution in [3.05, 3.63) is 17.5 Å². The molecule has 0 spiro atoms. The Balaban J connectivity index is 2.76. The monoisotopic (exact) mass is 211 g/mol. The first-order valence-corrected chi connectivity index (χ1v) is 4.57. The Bertz CT molecular complexity index is 384. The molecule has 0 radical (unpaired) electrons. The third-order valence-corrected chi connectivity index (χ3v) is 1.88.